The molecular formula is C20H27N3O4. The smallest absolute Gasteiger partial charge is 0.359 e. The van der Waals surface area contributed by atoms with Crippen molar-refractivity contribution in [1.82, 2.24) is 9.78 Å². The molecule has 0 aliphatic carbocycles. The predicted molar refractivity (Wildman–Crippen MR) is 104 cm³/mol. The number of hydrogen-bond donors (Lipinski definition) is 0. The summed E-state index contributed by atoms with van der Waals surface area (Å²) in [5.74, 6) is -0.830. The zero-order valence-corrected chi connectivity index (χ0v) is 16.8. The summed E-state index contributed by atoms with van der Waals surface area (Å²) in [6.45, 7) is 4.79. The van der Waals surface area contributed by atoms with Gasteiger partial charge in [0.15, 0.2) is 5.69 Å². The normalized spacial score (nSPS) is 10.8. The Balaban J connectivity index is 2.67. The molecule has 7 heteroatoms. The molecule has 2 aromatic rings. The van der Waals surface area contributed by atoms with Crippen molar-refractivity contribution in [3.05, 3.63) is 35.5 Å². The van der Waals surface area contributed by atoms with E-state index in [0.717, 1.165) is 17.7 Å². The quantitative estimate of drug-likeness (QED) is 0.694. The molecule has 0 fully saturated rings. The fourth-order valence-electron chi connectivity index (χ4n) is 2.75. The van der Waals surface area contributed by atoms with Crippen molar-refractivity contribution in [2.75, 3.05) is 33.2 Å². The molecule has 0 unspecified atom stereocenters. The van der Waals surface area contributed by atoms with Crippen LogP contribution in [0, 0.1) is 5.92 Å². The van der Waals surface area contributed by atoms with E-state index in [2.05, 4.69) is 18.9 Å². The van der Waals surface area contributed by atoms with Crippen LogP contribution < -0.4 is 4.90 Å². The van der Waals surface area contributed by atoms with Gasteiger partial charge in [0.05, 0.1) is 19.9 Å². The van der Waals surface area contributed by atoms with E-state index >= 15 is 0 Å². The zero-order valence-electron chi connectivity index (χ0n) is 16.8. The first-order chi connectivity index (χ1) is 12.8. The molecule has 2 rings (SSSR count). The summed E-state index contributed by atoms with van der Waals surface area (Å²) in [6, 6.07) is 7.72. The highest BCUT2D eigenvalue weighted by Crippen LogP contribution is 2.30. The first-order valence-corrected chi connectivity index (χ1v) is 8.85. The molecule has 0 N–H and O–H groups in total. The highest BCUT2D eigenvalue weighted by atomic mass is 16.5. The minimum Gasteiger partial charge on any atom is -0.465 e. The molecule has 27 heavy (non-hydrogen) atoms. The lowest BCUT2D eigenvalue weighted by Crippen LogP contribution is -2.11. The second-order valence-corrected chi connectivity index (χ2v) is 6.90. The Hall–Kier alpha value is -2.83. The SMILES string of the molecule is COC(=O)c1nn(CCC(C)C)c(-c2ccc(N(C)C)cc2)c1C(=O)OC. The maximum Gasteiger partial charge on any atom is 0.359 e. The van der Waals surface area contributed by atoms with Crippen LogP contribution in [0.4, 0.5) is 5.69 Å². The van der Waals surface area contributed by atoms with Gasteiger partial charge in [-0.05, 0) is 24.5 Å². The van der Waals surface area contributed by atoms with Crippen LogP contribution in [-0.2, 0) is 16.0 Å². The van der Waals surface area contributed by atoms with E-state index in [4.69, 9.17) is 9.47 Å². The van der Waals surface area contributed by atoms with E-state index < -0.39 is 11.9 Å². The van der Waals surface area contributed by atoms with Crippen LogP contribution in [0.15, 0.2) is 24.3 Å². The molecule has 0 saturated carbocycles. The van der Waals surface area contributed by atoms with Crippen molar-refractivity contribution >= 4 is 17.6 Å². The second kappa shape index (κ2) is 8.70. The Bertz CT molecular complexity index is 807. The predicted octanol–water partition coefficient (Wildman–Crippen LogP) is 3.24. The van der Waals surface area contributed by atoms with Crippen LogP contribution in [0.1, 0.15) is 41.1 Å². The summed E-state index contributed by atoms with van der Waals surface area (Å²) in [5.41, 5.74) is 2.48. The molecule has 0 amide bonds. The molecule has 1 heterocycles. The Morgan fingerprint density at radius 2 is 1.67 bits per heavy atom. The summed E-state index contributed by atoms with van der Waals surface area (Å²) in [6.07, 6.45) is 0.853. The fraction of sp³-hybridized carbons (Fsp3) is 0.450. The standard InChI is InChI=1S/C20H27N3O4/c1-13(2)11-12-23-18(14-7-9-15(10-8-14)22(3)4)16(19(24)26-5)17(21-23)20(25)27-6/h7-10,13H,11-12H2,1-6H3. The maximum absolute atomic E-state index is 12.5. The number of carbonyl (C=O) groups is 2. The van der Waals surface area contributed by atoms with Crippen LogP contribution in [0.25, 0.3) is 11.3 Å². The minimum absolute atomic E-state index is 0.0280. The third kappa shape index (κ3) is 4.48. The van der Waals surface area contributed by atoms with Crippen molar-refractivity contribution in [2.45, 2.75) is 26.8 Å². The van der Waals surface area contributed by atoms with E-state index in [-0.39, 0.29) is 11.3 Å². The summed E-state index contributed by atoms with van der Waals surface area (Å²) < 4.78 is 11.4. The Morgan fingerprint density at radius 3 is 2.15 bits per heavy atom. The molecule has 0 aliphatic rings. The first kappa shape index (κ1) is 20.5. The number of anilines is 1. The molecule has 0 atom stereocenters. The zero-order chi connectivity index (χ0) is 20.1. The highest BCUT2D eigenvalue weighted by molar-refractivity contribution is 6.06. The molecule has 0 spiro atoms. The molecule has 7 nitrogen and oxygen atoms in total. The third-order valence-corrected chi connectivity index (χ3v) is 4.30. The fourth-order valence-corrected chi connectivity index (χ4v) is 2.75. The molecule has 1 aromatic carbocycles. The molecule has 0 saturated heterocycles. The van der Waals surface area contributed by atoms with E-state index in [0.29, 0.717) is 18.2 Å². The van der Waals surface area contributed by atoms with E-state index in [9.17, 15) is 9.59 Å². The van der Waals surface area contributed by atoms with Crippen LogP contribution in [-0.4, -0.2) is 50.0 Å². The number of carbonyl (C=O) groups excluding carboxylic acids is 2. The molecule has 0 aliphatic heterocycles. The van der Waals surface area contributed by atoms with E-state index in [1.807, 2.05) is 43.3 Å². The number of aryl methyl sites for hydroxylation is 1. The van der Waals surface area contributed by atoms with Crippen LogP contribution in [0.2, 0.25) is 0 Å². The number of hydrogen-bond acceptors (Lipinski definition) is 6. The Kier molecular flexibility index (Phi) is 6.60. The first-order valence-electron chi connectivity index (χ1n) is 8.85. The van der Waals surface area contributed by atoms with Gasteiger partial charge in [-0.25, -0.2) is 9.59 Å². The van der Waals surface area contributed by atoms with Gasteiger partial charge in [0.25, 0.3) is 0 Å². The average molecular weight is 373 g/mol. The molecule has 146 valence electrons. The van der Waals surface area contributed by atoms with Gasteiger partial charge in [0.1, 0.15) is 5.56 Å². The van der Waals surface area contributed by atoms with Gasteiger partial charge in [0.2, 0.25) is 0 Å². The Labute approximate surface area is 159 Å². The minimum atomic E-state index is -0.662. The highest BCUT2D eigenvalue weighted by Gasteiger charge is 2.30. The van der Waals surface area contributed by atoms with E-state index in [1.54, 1.807) is 4.68 Å². The van der Waals surface area contributed by atoms with Gasteiger partial charge >= 0.3 is 11.9 Å². The molecule has 1 aromatic heterocycles. The van der Waals surface area contributed by atoms with Crippen molar-refractivity contribution in [1.29, 1.82) is 0 Å². The van der Waals surface area contributed by atoms with Crippen LogP contribution in [0.5, 0.6) is 0 Å². The third-order valence-electron chi connectivity index (χ3n) is 4.30. The van der Waals surface area contributed by atoms with Crippen LogP contribution in [0.3, 0.4) is 0 Å². The lowest BCUT2D eigenvalue weighted by Gasteiger charge is -2.14. The number of benzene rings is 1. The summed E-state index contributed by atoms with van der Waals surface area (Å²) >= 11 is 0. The number of nitrogens with zero attached hydrogens (tertiary/aromatic N) is 3. The number of esters is 2. The number of methoxy groups -OCH3 is 2. The van der Waals surface area contributed by atoms with Gasteiger partial charge in [-0.3, -0.25) is 4.68 Å². The van der Waals surface area contributed by atoms with Gasteiger partial charge in [-0.2, -0.15) is 5.10 Å². The lowest BCUT2D eigenvalue weighted by atomic mass is 10.0. The number of aromatic nitrogens is 2. The average Bonchev–Trinajstić information content (AvgIpc) is 3.04. The van der Waals surface area contributed by atoms with Crippen molar-refractivity contribution in [2.24, 2.45) is 5.92 Å². The van der Waals surface area contributed by atoms with Gasteiger partial charge < -0.3 is 14.4 Å². The molecular weight excluding hydrogens is 346 g/mol. The van der Waals surface area contributed by atoms with Crippen molar-refractivity contribution in [3.8, 4) is 11.3 Å². The van der Waals surface area contributed by atoms with Crippen LogP contribution >= 0.6 is 0 Å². The van der Waals surface area contributed by atoms with Crippen molar-refractivity contribution < 1.29 is 19.1 Å². The van der Waals surface area contributed by atoms with Gasteiger partial charge in [0, 0.05) is 31.9 Å². The maximum atomic E-state index is 12.5. The number of ether oxygens (including phenoxy) is 2. The monoisotopic (exact) mass is 373 g/mol. The van der Waals surface area contributed by atoms with Crippen molar-refractivity contribution in [3.63, 3.8) is 0 Å². The largest absolute Gasteiger partial charge is 0.465 e. The summed E-state index contributed by atoms with van der Waals surface area (Å²) in [4.78, 5) is 26.7. The molecule has 0 radical (unpaired) electrons. The second-order valence-electron chi connectivity index (χ2n) is 6.90. The topological polar surface area (TPSA) is 73.7 Å². The Morgan fingerprint density at radius 1 is 1.07 bits per heavy atom. The lowest BCUT2D eigenvalue weighted by molar-refractivity contribution is 0.0552. The summed E-state index contributed by atoms with van der Waals surface area (Å²) in [5, 5.41) is 4.39. The van der Waals surface area contributed by atoms with Gasteiger partial charge in [-0.15, -0.1) is 0 Å². The molecule has 0 bridgehead atoms. The van der Waals surface area contributed by atoms with E-state index in [1.165, 1.54) is 14.2 Å². The summed E-state index contributed by atoms with van der Waals surface area (Å²) in [7, 11) is 6.46. The number of rotatable bonds is 7. The van der Waals surface area contributed by atoms with Gasteiger partial charge in [-0.1, -0.05) is 26.0 Å².